The summed E-state index contributed by atoms with van der Waals surface area (Å²) in [5.41, 5.74) is 9.89. The molecule has 1 unspecified atom stereocenters. The topological polar surface area (TPSA) is 46.3 Å². The first-order chi connectivity index (χ1) is 10.5. The molecule has 1 heterocycles. The Morgan fingerprint density at radius 3 is 2.82 bits per heavy atom. The van der Waals surface area contributed by atoms with Gasteiger partial charge >= 0.3 is 0 Å². The Bertz CT molecular complexity index is 510. The highest BCUT2D eigenvalue weighted by Gasteiger charge is 2.23. The van der Waals surface area contributed by atoms with Crippen molar-refractivity contribution >= 4 is 11.6 Å². The Labute approximate surface area is 134 Å². The van der Waals surface area contributed by atoms with Crippen molar-refractivity contribution in [3.63, 3.8) is 0 Å². The summed E-state index contributed by atoms with van der Waals surface area (Å²) in [6, 6.07) is 6.78. The number of anilines is 1. The van der Waals surface area contributed by atoms with Crippen LogP contribution in [0.4, 0.5) is 5.69 Å². The van der Waals surface area contributed by atoms with Crippen LogP contribution in [-0.2, 0) is 17.6 Å². The van der Waals surface area contributed by atoms with E-state index in [0.29, 0.717) is 12.3 Å². The van der Waals surface area contributed by atoms with Gasteiger partial charge in [0.05, 0.1) is 0 Å². The molecule has 0 fully saturated rings. The van der Waals surface area contributed by atoms with Gasteiger partial charge in [0.2, 0.25) is 5.91 Å². The molecule has 122 valence electrons. The predicted molar refractivity (Wildman–Crippen MR) is 93.2 cm³/mol. The zero-order chi connectivity index (χ0) is 16.1. The largest absolute Gasteiger partial charge is 0.327 e. The normalized spacial score (nSPS) is 15.8. The molecule has 1 aromatic carbocycles. The number of hydrogen-bond donors (Lipinski definition) is 1. The molecule has 2 rings (SSSR count). The van der Waals surface area contributed by atoms with Crippen LogP contribution in [0.1, 0.15) is 57.6 Å². The molecule has 1 aromatic rings. The van der Waals surface area contributed by atoms with E-state index in [2.05, 4.69) is 39.0 Å². The molecule has 1 aliphatic rings. The maximum Gasteiger partial charge on any atom is 0.227 e. The van der Waals surface area contributed by atoms with Crippen LogP contribution in [0, 0.1) is 5.92 Å². The van der Waals surface area contributed by atoms with E-state index >= 15 is 0 Å². The Balaban J connectivity index is 2.14. The summed E-state index contributed by atoms with van der Waals surface area (Å²) in [4.78, 5) is 14.4. The molecule has 3 heteroatoms. The Hall–Kier alpha value is -1.35. The summed E-state index contributed by atoms with van der Waals surface area (Å²) < 4.78 is 0. The van der Waals surface area contributed by atoms with Crippen molar-refractivity contribution in [3.05, 3.63) is 29.3 Å². The third kappa shape index (κ3) is 4.33. The summed E-state index contributed by atoms with van der Waals surface area (Å²) in [5, 5.41) is 0. The number of hydrogen-bond acceptors (Lipinski definition) is 2. The highest BCUT2D eigenvalue weighted by Crippen LogP contribution is 2.29. The summed E-state index contributed by atoms with van der Waals surface area (Å²) in [6.07, 6.45) is 5.88. The molecule has 1 atom stereocenters. The van der Waals surface area contributed by atoms with E-state index in [1.807, 2.05) is 4.90 Å². The lowest BCUT2D eigenvalue weighted by Crippen LogP contribution is -2.36. The van der Waals surface area contributed by atoms with Crippen molar-refractivity contribution in [2.45, 2.75) is 65.3 Å². The Kier molecular flexibility index (Phi) is 6.01. The monoisotopic (exact) mass is 302 g/mol. The molecule has 22 heavy (non-hydrogen) atoms. The second-order valence-electron chi connectivity index (χ2n) is 6.96. The third-order valence-electron chi connectivity index (χ3n) is 4.30. The zero-order valence-electron chi connectivity index (χ0n) is 14.3. The smallest absolute Gasteiger partial charge is 0.227 e. The number of amides is 1. The molecular weight excluding hydrogens is 272 g/mol. The number of carbonyl (C=O) groups excluding carboxylic acids is 1. The maximum absolute atomic E-state index is 12.4. The number of nitrogens with zero attached hydrogens (tertiary/aromatic N) is 1. The highest BCUT2D eigenvalue weighted by molar-refractivity contribution is 5.94. The summed E-state index contributed by atoms with van der Waals surface area (Å²) in [6.45, 7) is 7.22. The average molecular weight is 302 g/mol. The van der Waals surface area contributed by atoms with E-state index < -0.39 is 0 Å². The van der Waals surface area contributed by atoms with Crippen LogP contribution in [-0.4, -0.2) is 18.5 Å². The molecular formula is C19H30N2O. The van der Waals surface area contributed by atoms with Gasteiger partial charge in [-0.15, -0.1) is 0 Å². The van der Waals surface area contributed by atoms with E-state index in [1.54, 1.807) is 0 Å². The van der Waals surface area contributed by atoms with E-state index in [0.717, 1.165) is 44.3 Å². The van der Waals surface area contributed by atoms with Gasteiger partial charge in [-0.2, -0.15) is 0 Å². The van der Waals surface area contributed by atoms with Crippen LogP contribution in [0.3, 0.4) is 0 Å². The van der Waals surface area contributed by atoms with Gasteiger partial charge in [0.25, 0.3) is 0 Å². The maximum atomic E-state index is 12.4. The molecule has 0 saturated heterocycles. The van der Waals surface area contributed by atoms with E-state index in [1.165, 1.54) is 11.1 Å². The van der Waals surface area contributed by atoms with Gasteiger partial charge in [-0.1, -0.05) is 39.3 Å². The molecule has 0 aromatic heterocycles. The number of rotatable bonds is 6. The molecule has 2 N–H and O–H groups in total. The number of nitrogens with two attached hydrogens (primary N) is 1. The van der Waals surface area contributed by atoms with Crippen LogP contribution in [0.25, 0.3) is 0 Å². The molecule has 1 aliphatic heterocycles. The Morgan fingerprint density at radius 1 is 1.36 bits per heavy atom. The van der Waals surface area contributed by atoms with Crippen LogP contribution >= 0.6 is 0 Å². The first kappa shape index (κ1) is 17.0. The summed E-state index contributed by atoms with van der Waals surface area (Å²) in [5.74, 6) is 0.663. The van der Waals surface area contributed by atoms with Crippen molar-refractivity contribution in [1.82, 2.24) is 0 Å². The SMILES string of the molecule is CCCC(N)Cc1ccc2c(c1)CCCN2C(=O)CC(C)C. The van der Waals surface area contributed by atoms with Crippen molar-refractivity contribution in [3.8, 4) is 0 Å². The molecule has 0 aliphatic carbocycles. The molecule has 0 radical (unpaired) electrons. The zero-order valence-corrected chi connectivity index (χ0v) is 14.3. The minimum atomic E-state index is 0.241. The second-order valence-corrected chi connectivity index (χ2v) is 6.96. The van der Waals surface area contributed by atoms with Crippen LogP contribution in [0.2, 0.25) is 0 Å². The van der Waals surface area contributed by atoms with Gasteiger partial charge in [0.15, 0.2) is 0 Å². The third-order valence-corrected chi connectivity index (χ3v) is 4.30. The van der Waals surface area contributed by atoms with Crippen molar-refractivity contribution in [2.24, 2.45) is 11.7 Å². The quantitative estimate of drug-likeness (QED) is 0.871. The van der Waals surface area contributed by atoms with Crippen molar-refractivity contribution in [2.75, 3.05) is 11.4 Å². The number of aryl methyl sites for hydroxylation is 1. The first-order valence-electron chi connectivity index (χ1n) is 8.69. The lowest BCUT2D eigenvalue weighted by molar-refractivity contribution is -0.119. The number of carbonyl (C=O) groups is 1. The van der Waals surface area contributed by atoms with Gasteiger partial charge in [0, 0.05) is 24.7 Å². The van der Waals surface area contributed by atoms with Crippen molar-refractivity contribution in [1.29, 1.82) is 0 Å². The van der Waals surface area contributed by atoms with Crippen LogP contribution < -0.4 is 10.6 Å². The standard InChI is InChI=1S/C19H30N2O/c1-4-6-17(20)13-15-8-9-18-16(12-15)7-5-10-21(18)19(22)11-14(2)3/h8-9,12,14,17H,4-7,10-11,13,20H2,1-3H3. The van der Waals surface area contributed by atoms with E-state index in [9.17, 15) is 4.79 Å². The Morgan fingerprint density at radius 2 is 2.14 bits per heavy atom. The van der Waals surface area contributed by atoms with Gasteiger partial charge in [-0.05, 0) is 48.8 Å². The molecule has 0 spiro atoms. The fourth-order valence-corrected chi connectivity index (χ4v) is 3.27. The van der Waals surface area contributed by atoms with Gasteiger partial charge < -0.3 is 10.6 Å². The molecule has 0 saturated carbocycles. The van der Waals surface area contributed by atoms with Crippen LogP contribution in [0.15, 0.2) is 18.2 Å². The minimum absolute atomic E-state index is 0.241. The highest BCUT2D eigenvalue weighted by atomic mass is 16.2. The van der Waals surface area contributed by atoms with Gasteiger partial charge in [0.1, 0.15) is 0 Å². The van der Waals surface area contributed by atoms with Crippen LogP contribution in [0.5, 0.6) is 0 Å². The molecule has 0 bridgehead atoms. The number of fused-ring (bicyclic) bond motifs is 1. The first-order valence-corrected chi connectivity index (χ1v) is 8.69. The summed E-state index contributed by atoms with van der Waals surface area (Å²) >= 11 is 0. The number of benzene rings is 1. The minimum Gasteiger partial charge on any atom is -0.327 e. The second kappa shape index (κ2) is 7.77. The van der Waals surface area contributed by atoms with Crippen molar-refractivity contribution < 1.29 is 4.79 Å². The molecule has 3 nitrogen and oxygen atoms in total. The fourth-order valence-electron chi connectivity index (χ4n) is 3.27. The lowest BCUT2D eigenvalue weighted by Gasteiger charge is -2.30. The molecule has 1 amide bonds. The fraction of sp³-hybridized carbons (Fsp3) is 0.632. The summed E-state index contributed by atoms with van der Waals surface area (Å²) in [7, 11) is 0. The van der Waals surface area contributed by atoms with E-state index in [-0.39, 0.29) is 11.9 Å². The average Bonchev–Trinajstić information content (AvgIpc) is 2.45. The van der Waals surface area contributed by atoms with Gasteiger partial charge in [-0.3, -0.25) is 4.79 Å². The van der Waals surface area contributed by atoms with Gasteiger partial charge in [-0.25, -0.2) is 0 Å². The van der Waals surface area contributed by atoms with E-state index in [4.69, 9.17) is 5.73 Å². The lowest BCUT2D eigenvalue weighted by atomic mass is 9.95. The predicted octanol–water partition coefficient (Wildman–Crippen LogP) is 3.68.